The highest BCUT2D eigenvalue weighted by Crippen LogP contribution is 2.50. The van der Waals surface area contributed by atoms with Crippen molar-refractivity contribution in [2.75, 3.05) is 4.90 Å². The normalized spacial score (nSPS) is 13.2. The van der Waals surface area contributed by atoms with Crippen LogP contribution in [0.25, 0.3) is 44.5 Å². The minimum atomic E-state index is -0.0713. The third-order valence-corrected chi connectivity index (χ3v) is 10.3. The SMILES string of the molecule is CC1(C)c2ccccc2-c2ccc(N(c3ccc(-c4cccc(-c5ccccc5)c4)cc3)c3ccc4c(c3)-c3ccccc3B4)cc21. The molecule has 1 aliphatic heterocycles. The largest absolute Gasteiger partial charge is 0.310 e. The van der Waals surface area contributed by atoms with E-state index in [2.05, 4.69) is 183 Å². The molecule has 0 fully saturated rings. The van der Waals surface area contributed by atoms with Gasteiger partial charge in [0.25, 0.3) is 0 Å². The second-order valence-corrected chi connectivity index (χ2v) is 13.4. The lowest BCUT2D eigenvalue weighted by atomic mass is 9.68. The fourth-order valence-corrected chi connectivity index (χ4v) is 7.84. The summed E-state index contributed by atoms with van der Waals surface area (Å²) in [7, 11) is 0.994. The first kappa shape index (κ1) is 27.7. The summed E-state index contributed by atoms with van der Waals surface area (Å²) < 4.78 is 0. The van der Waals surface area contributed by atoms with Crippen molar-refractivity contribution in [1.82, 2.24) is 0 Å². The minimum Gasteiger partial charge on any atom is -0.310 e. The van der Waals surface area contributed by atoms with Crippen LogP contribution in [0.4, 0.5) is 17.1 Å². The van der Waals surface area contributed by atoms with E-state index in [4.69, 9.17) is 0 Å². The van der Waals surface area contributed by atoms with Gasteiger partial charge in [0.15, 0.2) is 7.28 Å². The molecule has 0 atom stereocenters. The van der Waals surface area contributed by atoms with Gasteiger partial charge in [-0.3, -0.25) is 0 Å². The number of nitrogens with zero attached hydrogens (tertiary/aromatic N) is 1. The Morgan fingerprint density at radius 1 is 0.383 bits per heavy atom. The van der Waals surface area contributed by atoms with E-state index in [1.165, 1.54) is 77.9 Å². The van der Waals surface area contributed by atoms with Gasteiger partial charge in [-0.05, 0) is 98.1 Å². The molecule has 0 spiro atoms. The average molecular weight is 600 g/mol. The molecule has 0 aromatic heterocycles. The van der Waals surface area contributed by atoms with Crippen molar-refractivity contribution in [3.05, 3.63) is 175 Å². The van der Waals surface area contributed by atoms with Crippen LogP contribution in [-0.4, -0.2) is 7.28 Å². The zero-order valence-electron chi connectivity index (χ0n) is 26.7. The van der Waals surface area contributed by atoms with Crippen molar-refractivity contribution in [3.8, 4) is 44.5 Å². The van der Waals surface area contributed by atoms with Gasteiger partial charge in [0.1, 0.15) is 0 Å². The zero-order chi connectivity index (χ0) is 31.5. The molecule has 1 heterocycles. The van der Waals surface area contributed by atoms with Crippen LogP contribution in [0.2, 0.25) is 0 Å². The van der Waals surface area contributed by atoms with Crippen LogP contribution in [0, 0.1) is 0 Å². The van der Waals surface area contributed by atoms with E-state index >= 15 is 0 Å². The summed E-state index contributed by atoms with van der Waals surface area (Å²) in [6.07, 6.45) is 0. The summed E-state index contributed by atoms with van der Waals surface area (Å²) in [5.74, 6) is 0. The number of hydrogen-bond acceptors (Lipinski definition) is 1. The predicted molar refractivity (Wildman–Crippen MR) is 201 cm³/mol. The Morgan fingerprint density at radius 2 is 0.957 bits per heavy atom. The summed E-state index contributed by atoms with van der Waals surface area (Å²) in [4.78, 5) is 2.44. The molecule has 0 saturated carbocycles. The Kier molecular flexibility index (Phi) is 6.33. The number of fused-ring (bicyclic) bond motifs is 6. The second-order valence-electron chi connectivity index (χ2n) is 13.4. The molecule has 9 rings (SSSR count). The monoisotopic (exact) mass is 599 g/mol. The van der Waals surface area contributed by atoms with Gasteiger partial charge in [0, 0.05) is 22.5 Å². The Balaban J connectivity index is 1.16. The lowest BCUT2D eigenvalue weighted by Gasteiger charge is -2.29. The Hall–Kier alpha value is -5.60. The highest BCUT2D eigenvalue weighted by atomic mass is 15.1. The van der Waals surface area contributed by atoms with E-state index in [-0.39, 0.29) is 5.41 Å². The van der Waals surface area contributed by atoms with Gasteiger partial charge in [-0.1, -0.05) is 146 Å². The topological polar surface area (TPSA) is 3.24 Å². The lowest BCUT2D eigenvalue weighted by Crippen LogP contribution is -2.21. The first-order valence-electron chi connectivity index (χ1n) is 16.6. The van der Waals surface area contributed by atoms with Crippen LogP contribution >= 0.6 is 0 Å². The first-order valence-corrected chi connectivity index (χ1v) is 16.6. The molecule has 222 valence electrons. The summed E-state index contributed by atoms with van der Waals surface area (Å²) in [5, 5.41) is 0. The molecule has 7 aromatic rings. The van der Waals surface area contributed by atoms with Crippen molar-refractivity contribution >= 4 is 35.3 Å². The van der Waals surface area contributed by atoms with E-state index in [9.17, 15) is 0 Å². The van der Waals surface area contributed by atoms with Crippen LogP contribution < -0.4 is 15.8 Å². The van der Waals surface area contributed by atoms with Gasteiger partial charge < -0.3 is 4.90 Å². The highest BCUT2D eigenvalue weighted by Gasteiger charge is 2.35. The van der Waals surface area contributed by atoms with Gasteiger partial charge in [0.05, 0.1) is 0 Å². The molecule has 1 aliphatic carbocycles. The maximum absolute atomic E-state index is 2.44. The predicted octanol–water partition coefficient (Wildman–Crippen LogP) is 10.2. The summed E-state index contributed by atoms with van der Waals surface area (Å²) in [6.45, 7) is 4.72. The van der Waals surface area contributed by atoms with E-state index in [1.807, 2.05) is 0 Å². The zero-order valence-corrected chi connectivity index (χ0v) is 26.7. The summed E-state index contributed by atoms with van der Waals surface area (Å²) in [6, 6.07) is 60.3. The molecule has 47 heavy (non-hydrogen) atoms. The van der Waals surface area contributed by atoms with Crippen LogP contribution in [0.15, 0.2) is 164 Å². The Bertz CT molecular complexity index is 2300. The van der Waals surface area contributed by atoms with Crippen LogP contribution in [-0.2, 0) is 5.41 Å². The van der Waals surface area contributed by atoms with E-state index < -0.39 is 0 Å². The number of hydrogen-bond donors (Lipinski definition) is 0. The van der Waals surface area contributed by atoms with Gasteiger partial charge in [0.2, 0.25) is 0 Å². The van der Waals surface area contributed by atoms with Gasteiger partial charge in [-0.25, -0.2) is 0 Å². The summed E-state index contributed by atoms with van der Waals surface area (Å²) >= 11 is 0. The molecule has 0 N–H and O–H groups in total. The molecule has 0 bridgehead atoms. The number of rotatable bonds is 5. The van der Waals surface area contributed by atoms with E-state index in [0.29, 0.717) is 0 Å². The lowest BCUT2D eigenvalue weighted by molar-refractivity contribution is 0.660. The standard InChI is InChI=1S/C45H34BN/c1-45(2)41-17-8-6-15-37(41)38-25-23-36(29-42(38)45)47(35-24-26-44-40(28-35)39-16-7-9-18-43(39)46-44)34-21-19-31(20-22-34)33-14-10-13-32(27-33)30-11-4-3-5-12-30/h3-29,46H,1-2H3. The number of anilines is 3. The highest BCUT2D eigenvalue weighted by molar-refractivity contribution is 6.73. The fraction of sp³-hybridized carbons (Fsp3) is 0.0667. The molecular weight excluding hydrogens is 565 g/mol. The third kappa shape index (κ3) is 4.55. The van der Waals surface area contributed by atoms with Crippen LogP contribution in [0.5, 0.6) is 0 Å². The number of benzene rings is 7. The van der Waals surface area contributed by atoms with Crippen molar-refractivity contribution in [3.63, 3.8) is 0 Å². The first-order chi connectivity index (χ1) is 23.0. The average Bonchev–Trinajstić information content (AvgIpc) is 3.61. The van der Waals surface area contributed by atoms with E-state index in [1.54, 1.807) is 0 Å². The summed E-state index contributed by atoms with van der Waals surface area (Å²) in [5.41, 5.74) is 19.3. The smallest absolute Gasteiger partial charge is 0.193 e. The fourth-order valence-electron chi connectivity index (χ4n) is 7.84. The molecule has 0 amide bonds. The molecule has 1 nitrogen and oxygen atoms in total. The van der Waals surface area contributed by atoms with E-state index in [0.717, 1.165) is 13.0 Å². The maximum Gasteiger partial charge on any atom is 0.193 e. The van der Waals surface area contributed by atoms with Crippen molar-refractivity contribution < 1.29 is 0 Å². The maximum atomic E-state index is 2.44. The Morgan fingerprint density at radius 3 is 1.77 bits per heavy atom. The van der Waals surface area contributed by atoms with Gasteiger partial charge in [-0.2, -0.15) is 0 Å². The molecule has 2 heteroatoms. The van der Waals surface area contributed by atoms with Crippen LogP contribution in [0.3, 0.4) is 0 Å². The molecule has 2 aliphatic rings. The van der Waals surface area contributed by atoms with Crippen molar-refractivity contribution in [2.45, 2.75) is 19.3 Å². The third-order valence-electron chi connectivity index (χ3n) is 10.3. The quantitative estimate of drug-likeness (QED) is 0.178. The van der Waals surface area contributed by atoms with Crippen molar-refractivity contribution in [1.29, 1.82) is 0 Å². The molecule has 0 unspecified atom stereocenters. The molecule has 7 aromatic carbocycles. The molecule has 0 radical (unpaired) electrons. The van der Waals surface area contributed by atoms with Gasteiger partial charge >= 0.3 is 0 Å². The second kappa shape index (κ2) is 10.7. The van der Waals surface area contributed by atoms with Crippen molar-refractivity contribution in [2.24, 2.45) is 0 Å². The van der Waals surface area contributed by atoms with Crippen LogP contribution in [0.1, 0.15) is 25.0 Å². The molecule has 0 saturated heterocycles. The minimum absolute atomic E-state index is 0.0713. The Labute approximate surface area is 278 Å². The van der Waals surface area contributed by atoms with Gasteiger partial charge in [-0.15, -0.1) is 0 Å². The molecular formula is C45H34BN.